The Morgan fingerprint density at radius 3 is 1.24 bits per heavy atom. The average Bonchev–Trinajstić information content (AvgIpc) is 3.38. The van der Waals surface area contributed by atoms with E-state index in [9.17, 15) is 0 Å². The molecule has 0 heterocycles. The number of nitrogens with one attached hydrogen (secondary N) is 4. The van der Waals surface area contributed by atoms with Gasteiger partial charge >= 0.3 is 0 Å². The molecule has 5 aromatic rings. The minimum absolute atomic E-state index is 0.178. The summed E-state index contributed by atoms with van der Waals surface area (Å²) in [6, 6.07) is 33.9. The van der Waals surface area contributed by atoms with E-state index in [2.05, 4.69) is 135 Å². The van der Waals surface area contributed by atoms with Crippen molar-refractivity contribution >= 4 is 35.2 Å². The Morgan fingerprint density at radius 2 is 0.857 bits per heavy atom. The summed E-state index contributed by atoms with van der Waals surface area (Å²) in [5.41, 5.74) is 15.2. The fourth-order valence-corrected chi connectivity index (χ4v) is 7.30. The van der Waals surface area contributed by atoms with Gasteiger partial charge in [0.1, 0.15) is 0 Å². The molecule has 0 bridgehead atoms. The van der Waals surface area contributed by atoms with Crippen molar-refractivity contribution in [3.63, 3.8) is 0 Å². The zero-order chi connectivity index (χ0) is 29.2. The molecule has 0 spiro atoms. The molecule has 7 rings (SSSR count). The molecule has 0 atom stereocenters. The van der Waals surface area contributed by atoms with Crippen LogP contribution in [0.25, 0.3) is 22.3 Å². The van der Waals surface area contributed by atoms with Crippen molar-refractivity contribution in [1.82, 2.24) is 0 Å². The van der Waals surface area contributed by atoms with Crippen molar-refractivity contribution in [2.24, 2.45) is 0 Å². The second kappa shape index (κ2) is 9.28. The number of benzene rings is 5. The van der Waals surface area contributed by atoms with Gasteiger partial charge in [0.05, 0.1) is 0 Å². The molecule has 0 saturated carbocycles. The molecule has 0 fully saturated rings. The summed E-state index contributed by atoms with van der Waals surface area (Å²) in [5.74, 6) is 0. The van der Waals surface area contributed by atoms with Gasteiger partial charge in [-0.1, -0.05) is 88.4 Å². The van der Waals surface area contributed by atoms with Gasteiger partial charge in [0.25, 0.3) is 0 Å². The summed E-state index contributed by atoms with van der Waals surface area (Å²) in [6.45, 7) is 8.99. The van der Waals surface area contributed by atoms with Crippen LogP contribution >= 0.6 is 0 Å². The van der Waals surface area contributed by atoms with Gasteiger partial charge in [-0.25, -0.2) is 0 Å². The largest absolute Gasteiger partial charge is 0.355 e. The molecular weight excluding hydrogens is 512 g/mol. The van der Waals surface area contributed by atoms with Crippen molar-refractivity contribution < 1.29 is 0 Å². The van der Waals surface area contributed by atoms with Gasteiger partial charge in [0.15, 0.2) is 0 Å². The van der Waals surface area contributed by atoms with E-state index < -0.39 is 0 Å². The van der Waals surface area contributed by atoms with Crippen molar-refractivity contribution in [2.75, 3.05) is 10.6 Å². The normalized spacial score (nSPS) is 14.8. The Kier molecular flexibility index (Phi) is 5.74. The number of rotatable bonds is 6. The second-order valence-electron chi connectivity index (χ2n) is 12.4. The molecular formula is C38H34N4. The Labute approximate surface area is 247 Å². The van der Waals surface area contributed by atoms with E-state index in [1.165, 1.54) is 56.9 Å². The first-order chi connectivity index (χ1) is 20.3. The molecule has 206 valence electrons. The number of anilines is 4. The van der Waals surface area contributed by atoms with Crippen LogP contribution in [0.2, 0.25) is 0 Å². The van der Waals surface area contributed by atoms with E-state index >= 15 is 0 Å². The van der Waals surface area contributed by atoms with Crippen LogP contribution in [-0.2, 0) is 10.8 Å². The maximum atomic E-state index is 8.33. The molecule has 4 nitrogen and oxygen atoms in total. The molecule has 0 radical (unpaired) electrons. The summed E-state index contributed by atoms with van der Waals surface area (Å²) >= 11 is 0. The van der Waals surface area contributed by atoms with Crippen molar-refractivity contribution in [1.29, 1.82) is 10.8 Å². The van der Waals surface area contributed by atoms with Crippen LogP contribution in [0.4, 0.5) is 22.7 Å². The van der Waals surface area contributed by atoms with Crippen LogP contribution in [0.1, 0.15) is 61.1 Å². The van der Waals surface area contributed by atoms with Crippen molar-refractivity contribution in [3.8, 4) is 22.3 Å². The van der Waals surface area contributed by atoms with Gasteiger partial charge in [-0.2, -0.15) is 0 Å². The molecule has 5 aromatic carbocycles. The highest BCUT2D eigenvalue weighted by Crippen LogP contribution is 2.52. The third kappa shape index (κ3) is 3.68. The van der Waals surface area contributed by atoms with Gasteiger partial charge < -0.3 is 21.5 Å². The highest BCUT2D eigenvalue weighted by molar-refractivity contribution is 5.98. The van der Waals surface area contributed by atoms with Crippen LogP contribution < -0.4 is 10.6 Å². The molecule has 0 aromatic heterocycles. The summed E-state index contributed by atoms with van der Waals surface area (Å²) in [7, 11) is 0. The summed E-state index contributed by atoms with van der Waals surface area (Å²) in [4.78, 5) is 0. The van der Waals surface area contributed by atoms with Gasteiger partial charge in [0, 0.05) is 57.1 Å². The van der Waals surface area contributed by atoms with Crippen LogP contribution in [0.15, 0.2) is 97.1 Å². The fraction of sp³-hybridized carbons (Fsp3) is 0.158. The maximum Gasteiger partial charge on any atom is 0.0476 e. The first kappa shape index (κ1) is 26.0. The summed E-state index contributed by atoms with van der Waals surface area (Å²) < 4.78 is 0. The van der Waals surface area contributed by atoms with Gasteiger partial charge in [-0.05, 0) is 80.9 Å². The summed E-state index contributed by atoms with van der Waals surface area (Å²) in [6.07, 6.45) is 2.97. The molecule has 4 heteroatoms. The molecule has 0 amide bonds. The highest BCUT2D eigenvalue weighted by Gasteiger charge is 2.38. The first-order valence-electron chi connectivity index (χ1n) is 14.5. The zero-order valence-electron chi connectivity index (χ0n) is 24.4. The minimum Gasteiger partial charge on any atom is -0.355 e. The molecule has 0 aliphatic heterocycles. The minimum atomic E-state index is -0.178. The number of fused-ring (bicyclic) bond motifs is 6. The maximum absolute atomic E-state index is 8.33. The van der Waals surface area contributed by atoms with Gasteiger partial charge in [-0.15, -0.1) is 0 Å². The van der Waals surface area contributed by atoms with Crippen LogP contribution in [0.3, 0.4) is 0 Å². The first-order valence-corrected chi connectivity index (χ1v) is 14.5. The van der Waals surface area contributed by atoms with E-state index in [0.717, 1.165) is 33.9 Å². The average molecular weight is 547 g/mol. The van der Waals surface area contributed by atoms with Crippen LogP contribution in [0, 0.1) is 10.8 Å². The lowest BCUT2D eigenvalue weighted by Crippen LogP contribution is -2.18. The lowest BCUT2D eigenvalue weighted by atomic mass is 9.80. The Balaban J connectivity index is 1.18. The Morgan fingerprint density at radius 1 is 0.476 bits per heavy atom. The molecule has 4 N–H and O–H groups in total. The predicted molar refractivity (Wildman–Crippen MR) is 177 cm³/mol. The Hall–Kier alpha value is -4.96. The van der Waals surface area contributed by atoms with Crippen molar-refractivity contribution in [3.05, 3.63) is 130 Å². The van der Waals surface area contributed by atoms with Gasteiger partial charge in [-0.3, -0.25) is 0 Å². The zero-order valence-corrected chi connectivity index (χ0v) is 24.4. The topological polar surface area (TPSA) is 71.8 Å². The van der Waals surface area contributed by atoms with E-state index in [0.29, 0.717) is 0 Å². The van der Waals surface area contributed by atoms with E-state index in [1.54, 1.807) is 0 Å². The smallest absolute Gasteiger partial charge is 0.0476 e. The summed E-state index contributed by atoms with van der Waals surface area (Å²) in [5, 5.41) is 23.8. The van der Waals surface area contributed by atoms with E-state index in [4.69, 9.17) is 10.8 Å². The number of hydrogen-bond donors (Lipinski definition) is 4. The highest BCUT2D eigenvalue weighted by atomic mass is 14.9. The standard InChI is InChI=1S/C38H34N4/c1-37(2)31-11-7-5-9-25(31)27-17-19-33(29(21-39)35(27)37)41-23-13-15-24(16-14-23)42-34-20-18-28-26-10-6-8-12-32(26)38(3,4)36(28)30(34)22-40/h5-22,39-42H,1-4H3. The fourth-order valence-electron chi connectivity index (χ4n) is 7.30. The SMILES string of the molecule is CC1(C)c2ccccc2-c2ccc(Nc3ccc(Nc4ccc5c(c4C=N)C(C)(C)c4ccccc4-5)cc3)c(C=N)c21. The van der Waals surface area contributed by atoms with Crippen LogP contribution in [0.5, 0.6) is 0 Å². The molecule has 42 heavy (non-hydrogen) atoms. The lowest BCUT2D eigenvalue weighted by Gasteiger charge is -2.25. The lowest BCUT2D eigenvalue weighted by molar-refractivity contribution is 0.659. The third-order valence-electron chi connectivity index (χ3n) is 9.25. The molecule has 0 unspecified atom stereocenters. The molecule has 2 aliphatic carbocycles. The third-order valence-corrected chi connectivity index (χ3v) is 9.25. The van der Waals surface area contributed by atoms with Crippen LogP contribution in [-0.4, -0.2) is 12.4 Å². The Bertz CT molecular complexity index is 1770. The van der Waals surface area contributed by atoms with Gasteiger partial charge in [0.2, 0.25) is 0 Å². The second-order valence-corrected chi connectivity index (χ2v) is 12.4. The van der Waals surface area contributed by atoms with E-state index in [-0.39, 0.29) is 10.8 Å². The molecule has 2 aliphatic rings. The molecule has 0 saturated heterocycles. The predicted octanol–water partition coefficient (Wildman–Crippen LogP) is 9.78. The quantitative estimate of drug-likeness (QED) is 0.160. The van der Waals surface area contributed by atoms with E-state index in [1.807, 2.05) is 0 Å². The monoisotopic (exact) mass is 546 g/mol. The number of hydrogen-bond acceptors (Lipinski definition) is 4. The van der Waals surface area contributed by atoms with Crippen molar-refractivity contribution in [2.45, 2.75) is 38.5 Å².